The first-order valence-electron chi connectivity index (χ1n) is 4.70. The van der Waals surface area contributed by atoms with Gasteiger partial charge in [-0.25, -0.2) is 4.99 Å². The van der Waals surface area contributed by atoms with Crippen molar-refractivity contribution < 1.29 is 4.92 Å². The number of nitrogens with zero attached hydrogens (tertiary/aromatic N) is 2. The molecule has 1 atom stereocenters. The summed E-state index contributed by atoms with van der Waals surface area (Å²) in [6, 6.07) is 5.00. The Labute approximate surface area is 106 Å². The van der Waals surface area contributed by atoms with Crippen LogP contribution in [-0.4, -0.2) is 8.35 Å². The lowest BCUT2D eigenvalue weighted by atomic mass is 10.1. The zero-order valence-electron chi connectivity index (χ0n) is 8.55. The summed E-state index contributed by atoms with van der Waals surface area (Å²) < 4.78 is -0.165. The molecule has 0 saturated heterocycles. The number of fused-ring (bicyclic) bond motifs is 1. The van der Waals surface area contributed by atoms with E-state index in [0.29, 0.717) is 5.36 Å². The Morgan fingerprint density at radius 1 is 1.50 bits per heavy atom. The van der Waals surface area contributed by atoms with Gasteiger partial charge in [-0.1, -0.05) is 40.8 Å². The summed E-state index contributed by atoms with van der Waals surface area (Å²) in [7, 11) is 0. The molecular weight excluding hydrogens is 319 g/mol. The smallest absolute Gasteiger partial charge is 0.258 e. The van der Waals surface area contributed by atoms with Crippen LogP contribution in [0.4, 0.5) is 5.69 Å². The standard InChI is InChI=1S/C11H9IN2O2/c1-11(12)5-6-13-10-8(7-11)3-2-4-9(10)14(15)16/h2-7H,1H3. The number of halogens is 1. The van der Waals surface area contributed by atoms with Gasteiger partial charge in [0.1, 0.15) is 5.36 Å². The summed E-state index contributed by atoms with van der Waals surface area (Å²) in [5.74, 6) is 0. The molecule has 1 aromatic carbocycles. The van der Waals surface area contributed by atoms with E-state index < -0.39 is 4.92 Å². The van der Waals surface area contributed by atoms with E-state index in [0.717, 1.165) is 5.22 Å². The van der Waals surface area contributed by atoms with Gasteiger partial charge >= 0.3 is 0 Å². The number of hydrogen-bond acceptors (Lipinski definition) is 3. The molecule has 0 aromatic heterocycles. The van der Waals surface area contributed by atoms with E-state index in [-0.39, 0.29) is 9.11 Å². The minimum Gasteiger partial charge on any atom is -0.258 e. The normalized spacial score (nSPS) is 22.6. The second-order valence-electron chi connectivity index (χ2n) is 3.71. The van der Waals surface area contributed by atoms with Crippen LogP contribution >= 0.6 is 22.6 Å². The third-order valence-electron chi connectivity index (χ3n) is 2.28. The number of nitro groups is 1. The van der Waals surface area contributed by atoms with Gasteiger partial charge in [0.15, 0.2) is 0 Å². The van der Waals surface area contributed by atoms with E-state index in [1.54, 1.807) is 12.3 Å². The van der Waals surface area contributed by atoms with E-state index in [1.807, 2.05) is 25.1 Å². The van der Waals surface area contributed by atoms with Crippen LogP contribution in [0.1, 0.15) is 6.92 Å². The van der Waals surface area contributed by atoms with Gasteiger partial charge in [0.25, 0.3) is 5.69 Å². The van der Waals surface area contributed by atoms with Gasteiger partial charge < -0.3 is 0 Å². The van der Waals surface area contributed by atoms with Crippen molar-refractivity contribution in [2.75, 3.05) is 0 Å². The first-order valence-corrected chi connectivity index (χ1v) is 5.78. The van der Waals surface area contributed by atoms with Gasteiger partial charge in [0, 0.05) is 17.5 Å². The van der Waals surface area contributed by atoms with Crippen LogP contribution in [0.15, 0.2) is 35.5 Å². The van der Waals surface area contributed by atoms with Gasteiger partial charge in [-0.15, -0.1) is 0 Å². The summed E-state index contributed by atoms with van der Waals surface area (Å²) in [5, 5.41) is 12.1. The molecule has 1 aromatic rings. The molecule has 0 spiro atoms. The van der Waals surface area contributed by atoms with Crippen molar-refractivity contribution in [3.8, 4) is 0 Å². The van der Waals surface area contributed by atoms with Gasteiger partial charge in [-0.05, 0) is 13.0 Å². The quantitative estimate of drug-likeness (QED) is 0.341. The average molecular weight is 328 g/mol. The predicted octanol–water partition coefficient (Wildman–Crippen LogP) is 1.72. The number of non-ortho nitro benzene ring substituents is 1. The van der Waals surface area contributed by atoms with Crippen LogP contribution < -0.4 is 10.6 Å². The summed E-state index contributed by atoms with van der Waals surface area (Å²) in [6.45, 7) is 2.02. The lowest BCUT2D eigenvalue weighted by Crippen LogP contribution is -2.28. The predicted molar refractivity (Wildman–Crippen MR) is 69.9 cm³/mol. The molecule has 0 N–H and O–H groups in total. The van der Waals surface area contributed by atoms with Crippen molar-refractivity contribution in [3.05, 3.63) is 51.2 Å². The topological polar surface area (TPSA) is 55.5 Å². The summed E-state index contributed by atoms with van der Waals surface area (Å²) >= 11 is 2.27. The van der Waals surface area contributed by atoms with Gasteiger partial charge in [0.2, 0.25) is 0 Å². The van der Waals surface area contributed by atoms with Crippen LogP contribution in [0.2, 0.25) is 0 Å². The van der Waals surface area contributed by atoms with E-state index in [2.05, 4.69) is 27.6 Å². The Hall–Kier alpha value is -1.24. The summed E-state index contributed by atoms with van der Waals surface area (Å²) in [5.41, 5.74) is 0.0486. The Morgan fingerprint density at radius 2 is 2.25 bits per heavy atom. The van der Waals surface area contributed by atoms with Gasteiger partial charge in [-0.3, -0.25) is 10.1 Å². The van der Waals surface area contributed by atoms with Crippen molar-refractivity contribution in [3.63, 3.8) is 0 Å². The fraction of sp³-hybridized carbons (Fsp3) is 0.182. The fourth-order valence-electron chi connectivity index (χ4n) is 1.56. The Bertz CT molecular complexity index is 590. The molecule has 1 aliphatic rings. The molecule has 1 heterocycles. The largest absolute Gasteiger partial charge is 0.295 e. The second-order valence-corrected chi connectivity index (χ2v) is 6.04. The highest BCUT2D eigenvalue weighted by Crippen LogP contribution is 2.22. The third-order valence-corrected chi connectivity index (χ3v) is 2.96. The first-order chi connectivity index (χ1) is 7.49. The Kier molecular flexibility index (Phi) is 2.79. The van der Waals surface area contributed by atoms with Crippen LogP contribution in [-0.2, 0) is 0 Å². The van der Waals surface area contributed by atoms with Gasteiger partial charge in [-0.2, -0.15) is 0 Å². The first kappa shape index (κ1) is 11.3. The molecular formula is C11H9IN2O2. The SMILES string of the molecule is CC1(I)C=CN=c2c([N+](=O)[O-])cccc2=C1. The molecule has 0 saturated carbocycles. The molecule has 4 nitrogen and oxygen atoms in total. The molecule has 5 heteroatoms. The van der Waals surface area contributed by atoms with E-state index in [9.17, 15) is 10.1 Å². The fourth-order valence-corrected chi connectivity index (χ4v) is 2.06. The highest BCUT2D eigenvalue weighted by atomic mass is 127. The number of nitro benzene ring substituents is 1. The minimum absolute atomic E-state index is 0.0486. The molecule has 1 aliphatic heterocycles. The number of alkyl halides is 1. The molecule has 0 bridgehead atoms. The van der Waals surface area contributed by atoms with Crippen molar-refractivity contribution in [2.24, 2.45) is 4.99 Å². The highest BCUT2D eigenvalue weighted by Gasteiger charge is 2.16. The molecule has 1 unspecified atom stereocenters. The zero-order chi connectivity index (χ0) is 11.8. The van der Waals surface area contributed by atoms with Crippen LogP contribution in [0.3, 0.4) is 0 Å². The third kappa shape index (κ3) is 2.13. The summed E-state index contributed by atoms with van der Waals surface area (Å²) in [6.07, 6.45) is 5.52. The lowest BCUT2D eigenvalue weighted by Gasteiger charge is -2.09. The Balaban J connectivity index is 2.83. The number of hydrogen-bond donors (Lipinski definition) is 0. The molecule has 0 radical (unpaired) electrons. The average Bonchev–Trinajstić information content (AvgIpc) is 2.33. The molecule has 2 rings (SSSR count). The molecule has 82 valence electrons. The van der Waals surface area contributed by atoms with Gasteiger partial charge in [0.05, 0.1) is 8.35 Å². The van der Waals surface area contributed by atoms with Crippen LogP contribution in [0, 0.1) is 10.1 Å². The number of allylic oxidation sites excluding steroid dienone is 1. The maximum absolute atomic E-state index is 10.9. The molecule has 0 fully saturated rings. The zero-order valence-corrected chi connectivity index (χ0v) is 10.7. The number of para-hydroxylation sites is 1. The second kappa shape index (κ2) is 3.97. The van der Waals surface area contributed by atoms with E-state index >= 15 is 0 Å². The van der Waals surface area contributed by atoms with Crippen LogP contribution in [0.25, 0.3) is 6.08 Å². The van der Waals surface area contributed by atoms with E-state index in [1.165, 1.54) is 6.07 Å². The molecule has 0 amide bonds. The molecule has 0 aliphatic carbocycles. The van der Waals surface area contributed by atoms with Crippen molar-refractivity contribution in [1.29, 1.82) is 0 Å². The lowest BCUT2D eigenvalue weighted by molar-refractivity contribution is -0.386. The maximum Gasteiger partial charge on any atom is 0.295 e. The molecule has 16 heavy (non-hydrogen) atoms. The van der Waals surface area contributed by atoms with Crippen LogP contribution in [0.5, 0.6) is 0 Å². The maximum atomic E-state index is 10.9. The summed E-state index contributed by atoms with van der Waals surface area (Å²) in [4.78, 5) is 14.6. The number of rotatable bonds is 1. The van der Waals surface area contributed by atoms with Crippen molar-refractivity contribution >= 4 is 34.4 Å². The highest BCUT2D eigenvalue weighted by molar-refractivity contribution is 14.1. The Morgan fingerprint density at radius 3 is 2.94 bits per heavy atom. The number of benzene rings is 1. The van der Waals surface area contributed by atoms with Crippen molar-refractivity contribution in [2.45, 2.75) is 10.3 Å². The van der Waals surface area contributed by atoms with Crippen molar-refractivity contribution in [1.82, 2.24) is 0 Å². The minimum atomic E-state index is -0.403. The van der Waals surface area contributed by atoms with E-state index in [4.69, 9.17) is 0 Å². The monoisotopic (exact) mass is 328 g/mol.